The Morgan fingerprint density at radius 1 is 1.44 bits per heavy atom. The molecule has 0 aromatic carbocycles. The van der Waals surface area contributed by atoms with Crippen LogP contribution in [-0.2, 0) is 6.54 Å². The van der Waals surface area contributed by atoms with Gasteiger partial charge in [0, 0.05) is 31.7 Å². The fraction of sp³-hybridized carbons (Fsp3) is 0.600. The molecule has 0 aliphatic carbocycles. The normalized spacial score (nSPS) is 18.1. The number of nitrogens with one attached hydrogen (secondary N) is 1. The molecular formula is C10H18Cl2N4O2. The third-order valence-electron chi connectivity index (χ3n) is 2.89. The van der Waals surface area contributed by atoms with Crippen molar-refractivity contribution in [1.82, 2.24) is 9.55 Å². The molecule has 1 saturated heterocycles. The summed E-state index contributed by atoms with van der Waals surface area (Å²) in [5.41, 5.74) is 5.16. The van der Waals surface area contributed by atoms with Gasteiger partial charge in [0.1, 0.15) is 5.82 Å². The molecule has 0 saturated carbocycles. The number of hydrogen-bond donors (Lipinski definition) is 2. The molecule has 0 amide bonds. The zero-order chi connectivity index (χ0) is 11.7. The van der Waals surface area contributed by atoms with Crippen LogP contribution in [0.25, 0.3) is 0 Å². The van der Waals surface area contributed by atoms with Gasteiger partial charge in [-0.25, -0.2) is 4.79 Å². The largest absolute Gasteiger partial charge is 0.356 e. The minimum atomic E-state index is -0.356. The van der Waals surface area contributed by atoms with Crippen LogP contribution in [0.1, 0.15) is 13.3 Å². The van der Waals surface area contributed by atoms with E-state index >= 15 is 0 Å². The Kier molecular flexibility index (Phi) is 6.45. The third kappa shape index (κ3) is 3.28. The van der Waals surface area contributed by atoms with E-state index < -0.39 is 0 Å². The average molecular weight is 297 g/mol. The second kappa shape index (κ2) is 6.82. The van der Waals surface area contributed by atoms with Crippen molar-refractivity contribution in [2.24, 2.45) is 5.73 Å². The summed E-state index contributed by atoms with van der Waals surface area (Å²) in [6.07, 6.45) is 0.888. The zero-order valence-corrected chi connectivity index (χ0v) is 11.7. The predicted molar refractivity (Wildman–Crippen MR) is 76.3 cm³/mol. The summed E-state index contributed by atoms with van der Waals surface area (Å²) in [7, 11) is 0. The quantitative estimate of drug-likeness (QED) is 0.801. The molecule has 2 heterocycles. The molecule has 104 valence electrons. The van der Waals surface area contributed by atoms with Gasteiger partial charge in [-0.1, -0.05) is 0 Å². The molecule has 1 aromatic rings. The van der Waals surface area contributed by atoms with E-state index in [1.165, 1.54) is 10.6 Å². The number of hydrogen-bond acceptors (Lipinski definition) is 4. The SMILES string of the molecule is CCn1c(=O)cc(N2CCC(N)C2)[nH]c1=O.Cl.Cl. The van der Waals surface area contributed by atoms with Gasteiger partial charge in [-0.15, -0.1) is 24.8 Å². The zero-order valence-electron chi connectivity index (χ0n) is 10.1. The number of anilines is 1. The van der Waals surface area contributed by atoms with Crippen LogP contribution in [0, 0.1) is 0 Å². The minimum absolute atomic E-state index is 0. The summed E-state index contributed by atoms with van der Waals surface area (Å²) in [4.78, 5) is 27.8. The van der Waals surface area contributed by atoms with Crippen LogP contribution >= 0.6 is 24.8 Å². The fourth-order valence-electron chi connectivity index (χ4n) is 1.98. The highest BCUT2D eigenvalue weighted by molar-refractivity contribution is 5.85. The summed E-state index contributed by atoms with van der Waals surface area (Å²) >= 11 is 0. The number of nitrogens with zero attached hydrogens (tertiary/aromatic N) is 2. The van der Waals surface area contributed by atoms with Crippen molar-refractivity contribution in [3.05, 3.63) is 26.9 Å². The minimum Gasteiger partial charge on any atom is -0.356 e. The van der Waals surface area contributed by atoms with E-state index in [0.717, 1.165) is 13.0 Å². The van der Waals surface area contributed by atoms with Crippen molar-refractivity contribution in [2.75, 3.05) is 18.0 Å². The highest BCUT2D eigenvalue weighted by Crippen LogP contribution is 2.13. The standard InChI is InChI=1S/C10H16N4O2.2ClH/c1-2-14-9(15)5-8(12-10(14)16)13-4-3-7(11)6-13;;/h5,7H,2-4,6,11H2,1H3,(H,12,16);2*1H. The van der Waals surface area contributed by atoms with E-state index in [0.29, 0.717) is 18.9 Å². The highest BCUT2D eigenvalue weighted by atomic mass is 35.5. The van der Waals surface area contributed by atoms with E-state index in [1.807, 2.05) is 4.90 Å². The molecule has 1 fully saturated rings. The van der Waals surface area contributed by atoms with Crippen molar-refractivity contribution in [3.8, 4) is 0 Å². The monoisotopic (exact) mass is 296 g/mol. The summed E-state index contributed by atoms with van der Waals surface area (Å²) < 4.78 is 1.17. The van der Waals surface area contributed by atoms with Crippen molar-refractivity contribution in [1.29, 1.82) is 0 Å². The van der Waals surface area contributed by atoms with E-state index in [1.54, 1.807) is 6.92 Å². The molecular weight excluding hydrogens is 279 g/mol. The molecule has 18 heavy (non-hydrogen) atoms. The molecule has 0 bridgehead atoms. The number of aromatic amines is 1. The maximum Gasteiger partial charge on any atom is 0.329 e. The Labute approximate surface area is 117 Å². The van der Waals surface area contributed by atoms with Gasteiger partial charge in [0.2, 0.25) is 0 Å². The molecule has 1 atom stereocenters. The Hall–Kier alpha value is -0.980. The van der Waals surface area contributed by atoms with Gasteiger partial charge in [-0.2, -0.15) is 0 Å². The van der Waals surface area contributed by atoms with Crippen molar-refractivity contribution < 1.29 is 0 Å². The highest BCUT2D eigenvalue weighted by Gasteiger charge is 2.20. The van der Waals surface area contributed by atoms with Gasteiger partial charge in [0.05, 0.1) is 0 Å². The maximum absolute atomic E-state index is 11.6. The first-order chi connectivity index (χ1) is 7.61. The number of rotatable bonds is 2. The molecule has 6 nitrogen and oxygen atoms in total. The average Bonchev–Trinajstić information content (AvgIpc) is 2.64. The molecule has 8 heteroatoms. The molecule has 1 aromatic heterocycles. The van der Waals surface area contributed by atoms with Gasteiger partial charge < -0.3 is 10.6 Å². The van der Waals surface area contributed by atoms with Crippen molar-refractivity contribution >= 4 is 30.6 Å². The number of nitrogens with two attached hydrogens (primary N) is 1. The molecule has 2 rings (SSSR count). The van der Waals surface area contributed by atoms with Gasteiger partial charge >= 0.3 is 5.69 Å². The first kappa shape index (κ1) is 17.0. The number of halogens is 2. The van der Waals surface area contributed by atoms with Crippen LogP contribution in [0.4, 0.5) is 5.82 Å². The first-order valence-electron chi connectivity index (χ1n) is 5.46. The predicted octanol–water partition coefficient (Wildman–Crippen LogP) is -0.0625. The fourth-order valence-corrected chi connectivity index (χ4v) is 1.98. The van der Waals surface area contributed by atoms with Gasteiger partial charge in [0.25, 0.3) is 5.56 Å². The lowest BCUT2D eigenvalue weighted by atomic mass is 10.3. The Morgan fingerprint density at radius 2 is 2.11 bits per heavy atom. The summed E-state index contributed by atoms with van der Waals surface area (Å²) in [5.74, 6) is 0.577. The molecule has 3 N–H and O–H groups in total. The molecule has 1 aliphatic heterocycles. The van der Waals surface area contributed by atoms with Gasteiger partial charge in [-0.3, -0.25) is 14.3 Å². The second-order valence-electron chi connectivity index (χ2n) is 4.04. The molecule has 0 radical (unpaired) electrons. The van der Waals surface area contributed by atoms with Gasteiger partial charge in [-0.05, 0) is 13.3 Å². The molecule has 1 aliphatic rings. The molecule has 1 unspecified atom stereocenters. The van der Waals surface area contributed by atoms with E-state index in [-0.39, 0.29) is 42.1 Å². The lowest BCUT2D eigenvalue weighted by molar-refractivity contribution is 0.668. The van der Waals surface area contributed by atoms with Crippen LogP contribution in [0.15, 0.2) is 15.7 Å². The third-order valence-corrected chi connectivity index (χ3v) is 2.89. The van der Waals surface area contributed by atoms with Crippen molar-refractivity contribution in [2.45, 2.75) is 25.9 Å². The Balaban J connectivity index is 0.00000144. The van der Waals surface area contributed by atoms with Crippen LogP contribution in [0.3, 0.4) is 0 Å². The van der Waals surface area contributed by atoms with E-state index in [2.05, 4.69) is 4.98 Å². The van der Waals surface area contributed by atoms with Crippen molar-refractivity contribution in [3.63, 3.8) is 0 Å². The van der Waals surface area contributed by atoms with Crippen LogP contribution in [-0.4, -0.2) is 28.7 Å². The van der Waals surface area contributed by atoms with Gasteiger partial charge in [0.15, 0.2) is 0 Å². The number of aromatic nitrogens is 2. The Morgan fingerprint density at radius 3 is 2.56 bits per heavy atom. The summed E-state index contributed by atoms with van der Waals surface area (Å²) in [5, 5.41) is 0. The van der Waals surface area contributed by atoms with E-state index in [4.69, 9.17) is 5.73 Å². The lowest BCUT2D eigenvalue weighted by Gasteiger charge is -2.17. The maximum atomic E-state index is 11.6. The molecule has 0 spiro atoms. The van der Waals surface area contributed by atoms with E-state index in [9.17, 15) is 9.59 Å². The lowest BCUT2D eigenvalue weighted by Crippen LogP contribution is -2.37. The van der Waals surface area contributed by atoms with Crippen LogP contribution in [0.5, 0.6) is 0 Å². The summed E-state index contributed by atoms with van der Waals surface area (Å²) in [6, 6.07) is 1.58. The first-order valence-corrected chi connectivity index (χ1v) is 5.46. The smallest absolute Gasteiger partial charge is 0.329 e. The topological polar surface area (TPSA) is 84.1 Å². The Bertz CT molecular complexity index is 468. The van der Waals surface area contributed by atoms with Crippen LogP contribution < -0.4 is 21.9 Å². The number of H-pyrrole nitrogens is 1. The second-order valence-corrected chi connectivity index (χ2v) is 4.04. The summed E-state index contributed by atoms with van der Waals surface area (Å²) in [6.45, 7) is 3.62. The van der Waals surface area contributed by atoms with Crippen LogP contribution in [0.2, 0.25) is 0 Å².